The highest BCUT2D eigenvalue weighted by Crippen LogP contribution is 2.25. The van der Waals surface area contributed by atoms with Crippen LogP contribution in [-0.2, 0) is 0 Å². The van der Waals surface area contributed by atoms with Crippen molar-refractivity contribution in [2.75, 3.05) is 23.4 Å². The number of thioether (sulfide) groups is 1. The predicted molar refractivity (Wildman–Crippen MR) is 70.4 cm³/mol. The summed E-state index contributed by atoms with van der Waals surface area (Å²) in [5.41, 5.74) is 2.12. The van der Waals surface area contributed by atoms with Crippen LogP contribution in [0.5, 0.6) is 0 Å². The van der Waals surface area contributed by atoms with Gasteiger partial charge in [0, 0.05) is 6.54 Å². The van der Waals surface area contributed by atoms with Crippen LogP contribution in [0.2, 0.25) is 5.15 Å². The van der Waals surface area contributed by atoms with E-state index in [1.165, 1.54) is 17.9 Å². The highest BCUT2D eigenvalue weighted by molar-refractivity contribution is 7.99. The Morgan fingerprint density at radius 3 is 2.88 bits per heavy atom. The molecule has 1 aliphatic rings. The number of halogens is 1. The molecule has 1 unspecified atom stereocenters. The number of aromatic nitrogens is 2. The molecule has 0 saturated carbocycles. The number of nitrogens with zero attached hydrogens (tertiary/aromatic N) is 2. The first kappa shape index (κ1) is 12.0. The summed E-state index contributed by atoms with van der Waals surface area (Å²) >= 11 is 7.94. The molecule has 3 nitrogen and oxygen atoms in total. The molecule has 1 aromatic rings. The molecule has 1 atom stereocenters. The fourth-order valence-electron chi connectivity index (χ4n) is 1.73. The molecule has 0 spiro atoms. The van der Waals surface area contributed by atoms with Gasteiger partial charge in [-0.05, 0) is 48.8 Å². The van der Waals surface area contributed by atoms with E-state index in [-0.39, 0.29) is 0 Å². The number of rotatable bonds is 3. The quantitative estimate of drug-likeness (QED) is 0.904. The lowest BCUT2D eigenvalue weighted by atomic mass is 10.1. The van der Waals surface area contributed by atoms with Crippen LogP contribution in [0.3, 0.4) is 0 Å². The monoisotopic (exact) mass is 257 g/mol. The summed E-state index contributed by atoms with van der Waals surface area (Å²) < 4.78 is 0. The van der Waals surface area contributed by atoms with E-state index in [0.29, 0.717) is 5.15 Å². The molecule has 1 saturated heterocycles. The predicted octanol–water partition coefficient (Wildman–Crippen LogP) is 2.91. The first-order valence-electron chi connectivity index (χ1n) is 5.49. The van der Waals surface area contributed by atoms with E-state index in [1.54, 1.807) is 0 Å². The van der Waals surface area contributed by atoms with Crippen LogP contribution in [0.1, 0.15) is 17.5 Å². The van der Waals surface area contributed by atoms with Gasteiger partial charge in [-0.15, -0.1) is 10.2 Å². The van der Waals surface area contributed by atoms with Gasteiger partial charge < -0.3 is 5.32 Å². The Morgan fingerprint density at radius 1 is 1.38 bits per heavy atom. The SMILES string of the molecule is Cc1c(Cl)nnc(NCC2CCSC2)c1C. The van der Waals surface area contributed by atoms with Crippen molar-refractivity contribution in [2.45, 2.75) is 20.3 Å². The van der Waals surface area contributed by atoms with Crippen LogP contribution >= 0.6 is 23.4 Å². The summed E-state index contributed by atoms with van der Waals surface area (Å²) in [6.07, 6.45) is 1.30. The second kappa shape index (κ2) is 5.23. The molecule has 2 heterocycles. The van der Waals surface area contributed by atoms with Crippen molar-refractivity contribution in [1.29, 1.82) is 0 Å². The molecule has 1 N–H and O–H groups in total. The average molecular weight is 258 g/mol. The van der Waals surface area contributed by atoms with Crippen LogP contribution in [0.4, 0.5) is 5.82 Å². The fourth-order valence-corrected chi connectivity index (χ4v) is 3.19. The zero-order chi connectivity index (χ0) is 11.5. The van der Waals surface area contributed by atoms with Gasteiger partial charge in [0.15, 0.2) is 11.0 Å². The lowest BCUT2D eigenvalue weighted by Crippen LogP contribution is -2.15. The van der Waals surface area contributed by atoms with E-state index in [2.05, 4.69) is 15.5 Å². The summed E-state index contributed by atoms with van der Waals surface area (Å²) in [4.78, 5) is 0. The standard InChI is InChI=1S/C11H16ClN3S/c1-7-8(2)11(15-14-10(7)12)13-5-9-3-4-16-6-9/h9H,3-6H2,1-2H3,(H,13,15). The molecule has 2 rings (SSSR count). The minimum absolute atomic E-state index is 0.500. The summed E-state index contributed by atoms with van der Waals surface area (Å²) in [5, 5.41) is 11.9. The van der Waals surface area contributed by atoms with Crippen LogP contribution in [-0.4, -0.2) is 28.2 Å². The maximum absolute atomic E-state index is 5.91. The Bertz CT molecular complexity index is 378. The Kier molecular flexibility index (Phi) is 3.92. The maximum Gasteiger partial charge on any atom is 0.155 e. The van der Waals surface area contributed by atoms with Gasteiger partial charge >= 0.3 is 0 Å². The molecule has 0 bridgehead atoms. The average Bonchev–Trinajstić information content (AvgIpc) is 2.78. The van der Waals surface area contributed by atoms with Crippen molar-refractivity contribution in [3.63, 3.8) is 0 Å². The molecule has 5 heteroatoms. The highest BCUT2D eigenvalue weighted by atomic mass is 35.5. The van der Waals surface area contributed by atoms with E-state index in [1.807, 2.05) is 25.6 Å². The first-order chi connectivity index (χ1) is 7.68. The van der Waals surface area contributed by atoms with Gasteiger partial charge in [-0.2, -0.15) is 11.8 Å². The molecular formula is C11H16ClN3S. The Labute approximate surface area is 105 Å². The van der Waals surface area contributed by atoms with Crippen molar-refractivity contribution in [3.05, 3.63) is 16.3 Å². The third-order valence-electron chi connectivity index (χ3n) is 3.05. The van der Waals surface area contributed by atoms with Gasteiger partial charge in [-0.25, -0.2) is 0 Å². The Hall–Kier alpha value is -0.480. The smallest absolute Gasteiger partial charge is 0.155 e. The fraction of sp³-hybridized carbons (Fsp3) is 0.636. The first-order valence-corrected chi connectivity index (χ1v) is 7.02. The number of nitrogens with one attached hydrogen (secondary N) is 1. The van der Waals surface area contributed by atoms with Crippen LogP contribution in [0.15, 0.2) is 0 Å². The van der Waals surface area contributed by atoms with Crippen molar-refractivity contribution >= 4 is 29.2 Å². The molecular weight excluding hydrogens is 242 g/mol. The number of hydrogen-bond acceptors (Lipinski definition) is 4. The molecule has 1 aromatic heterocycles. The van der Waals surface area contributed by atoms with E-state index in [4.69, 9.17) is 11.6 Å². The van der Waals surface area contributed by atoms with Crippen molar-refractivity contribution in [2.24, 2.45) is 5.92 Å². The van der Waals surface area contributed by atoms with Gasteiger partial charge in [0.05, 0.1) is 0 Å². The number of anilines is 1. The largest absolute Gasteiger partial charge is 0.368 e. The minimum atomic E-state index is 0.500. The molecule has 16 heavy (non-hydrogen) atoms. The molecule has 0 aromatic carbocycles. The molecule has 1 aliphatic heterocycles. The number of hydrogen-bond donors (Lipinski definition) is 1. The summed E-state index contributed by atoms with van der Waals surface area (Å²) in [5.74, 6) is 4.18. The molecule has 1 fully saturated rings. The van der Waals surface area contributed by atoms with Crippen LogP contribution in [0.25, 0.3) is 0 Å². The zero-order valence-electron chi connectivity index (χ0n) is 9.59. The zero-order valence-corrected chi connectivity index (χ0v) is 11.2. The van der Waals surface area contributed by atoms with E-state index in [9.17, 15) is 0 Å². The third kappa shape index (κ3) is 2.61. The van der Waals surface area contributed by atoms with Gasteiger partial charge in [0.2, 0.25) is 0 Å². The third-order valence-corrected chi connectivity index (χ3v) is 4.64. The van der Waals surface area contributed by atoms with Crippen LogP contribution in [0, 0.1) is 19.8 Å². The summed E-state index contributed by atoms with van der Waals surface area (Å²) in [6.45, 7) is 4.99. The van der Waals surface area contributed by atoms with Crippen molar-refractivity contribution < 1.29 is 0 Å². The Morgan fingerprint density at radius 2 is 2.19 bits per heavy atom. The molecule has 0 radical (unpaired) electrons. The van der Waals surface area contributed by atoms with Gasteiger partial charge in [0.1, 0.15) is 0 Å². The van der Waals surface area contributed by atoms with Gasteiger partial charge in [-0.3, -0.25) is 0 Å². The second-order valence-corrected chi connectivity index (χ2v) is 5.71. The second-order valence-electron chi connectivity index (χ2n) is 4.20. The summed E-state index contributed by atoms with van der Waals surface area (Å²) in [6, 6.07) is 0. The Balaban J connectivity index is 2.01. The van der Waals surface area contributed by atoms with E-state index >= 15 is 0 Å². The van der Waals surface area contributed by atoms with E-state index in [0.717, 1.165) is 29.4 Å². The van der Waals surface area contributed by atoms with Crippen LogP contribution < -0.4 is 5.32 Å². The minimum Gasteiger partial charge on any atom is -0.368 e. The van der Waals surface area contributed by atoms with E-state index < -0.39 is 0 Å². The summed E-state index contributed by atoms with van der Waals surface area (Å²) in [7, 11) is 0. The lowest BCUT2D eigenvalue weighted by Gasteiger charge is -2.13. The lowest BCUT2D eigenvalue weighted by molar-refractivity contribution is 0.629. The normalized spacial score (nSPS) is 20.1. The molecule has 88 valence electrons. The van der Waals surface area contributed by atoms with Crippen molar-refractivity contribution in [1.82, 2.24) is 10.2 Å². The molecule has 0 aliphatic carbocycles. The van der Waals surface area contributed by atoms with Crippen molar-refractivity contribution in [3.8, 4) is 0 Å². The topological polar surface area (TPSA) is 37.8 Å². The highest BCUT2D eigenvalue weighted by Gasteiger charge is 2.16. The molecule has 0 amide bonds. The maximum atomic E-state index is 5.91. The van der Waals surface area contributed by atoms with Gasteiger partial charge in [-0.1, -0.05) is 11.6 Å². The van der Waals surface area contributed by atoms with Gasteiger partial charge in [0.25, 0.3) is 0 Å².